The van der Waals surface area contributed by atoms with Gasteiger partial charge in [0.25, 0.3) is 5.91 Å². The van der Waals surface area contributed by atoms with E-state index in [4.69, 9.17) is 9.47 Å². The van der Waals surface area contributed by atoms with Gasteiger partial charge in [-0.2, -0.15) is 0 Å². The van der Waals surface area contributed by atoms with Gasteiger partial charge in [-0.3, -0.25) is 9.59 Å². The molecule has 0 spiro atoms. The van der Waals surface area contributed by atoms with E-state index in [1.54, 1.807) is 36.3 Å². The van der Waals surface area contributed by atoms with Gasteiger partial charge >= 0.3 is 0 Å². The fourth-order valence-electron chi connectivity index (χ4n) is 3.13. The third-order valence-corrected chi connectivity index (χ3v) is 4.54. The SMILES string of the molecule is COc1cccc(CN(CC2CCCO2)C(=O)c2ccc(C=O)cc2)c1. The first kappa shape index (κ1) is 18.1. The molecule has 2 aromatic carbocycles. The van der Waals surface area contributed by atoms with Crippen molar-refractivity contribution in [3.05, 3.63) is 65.2 Å². The largest absolute Gasteiger partial charge is 0.497 e. The van der Waals surface area contributed by atoms with Gasteiger partial charge in [-0.05, 0) is 42.7 Å². The molecule has 3 rings (SSSR count). The molecule has 2 aromatic rings. The Balaban J connectivity index is 1.80. The number of methoxy groups -OCH3 is 1. The Labute approximate surface area is 153 Å². The van der Waals surface area contributed by atoms with Crippen LogP contribution in [0.25, 0.3) is 0 Å². The fourth-order valence-corrected chi connectivity index (χ4v) is 3.13. The van der Waals surface area contributed by atoms with Crippen LogP contribution in [0, 0.1) is 0 Å². The maximum atomic E-state index is 13.0. The average Bonchev–Trinajstić information content (AvgIpc) is 3.20. The molecule has 0 aliphatic carbocycles. The van der Waals surface area contributed by atoms with Crippen molar-refractivity contribution in [3.63, 3.8) is 0 Å². The van der Waals surface area contributed by atoms with Crippen LogP contribution >= 0.6 is 0 Å². The van der Waals surface area contributed by atoms with Crippen molar-refractivity contribution in [2.75, 3.05) is 20.3 Å². The molecule has 0 aromatic heterocycles. The summed E-state index contributed by atoms with van der Waals surface area (Å²) in [4.78, 5) is 25.7. The zero-order chi connectivity index (χ0) is 18.4. The van der Waals surface area contributed by atoms with E-state index >= 15 is 0 Å². The topological polar surface area (TPSA) is 55.8 Å². The van der Waals surface area contributed by atoms with Crippen LogP contribution < -0.4 is 4.74 Å². The quantitative estimate of drug-likeness (QED) is 0.717. The summed E-state index contributed by atoms with van der Waals surface area (Å²) < 4.78 is 11.0. The molecule has 0 radical (unpaired) electrons. The van der Waals surface area contributed by atoms with E-state index in [-0.39, 0.29) is 12.0 Å². The second-order valence-electron chi connectivity index (χ2n) is 6.41. The third kappa shape index (κ3) is 4.49. The van der Waals surface area contributed by atoms with Crippen molar-refractivity contribution in [1.82, 2.24) is 4.90 Å². The summed E-state index contributed by atoms with van der Waals surface area (Å²) in [6, 6.07) is 14.4. The van der Waals surface area contributed by atoms with E-state index in [2.05, 4.69) is 0 Å². The third-order valence-electron chi connectivity index (χ3n) is 4.54. The average molecular weight is 353 g/mol. The Kier molecular flexibility index (Phi) is 6.02. The molecule has 5 heteroatoms. The number of rotatable bonds is 7. The number of hydrogen-bond acceptors (Lipinski definition) is 4. The fraction of sp³-hybridized carbons (Fsp3) is 0.333. The van der Waals surface area contributed by atoms with Crippen molar-refractivity contribution < 1.29 is 19.1 Å². The van der Waals surface area contributed by atoms with Crippen molar-refractivity contribution >= 4 is 12.2 Å². The summed E-state index contributed by atoms with van der Waals surface area (Å²) in [5, 5.41) is 0. The minimum Gasteiger partial charge on any atom is -0.497 e. The molecule has 0 saturated carbocycles. The number of benzene rings is 2. The number of ether oxygens (including phenoxy) is 2. The van der Waals surface area contributed by atoms with Crippen LogP contribution in [0.2, 0.25) is 0 Å². The summed E-state index contributed by atoms with van der Waals surface area (Å²) in [5.41, 5.74) is 2.12. The van der Waals surface area contributed by atoms with Crippen molar-refractivity contribution in [1.29, 1.82) is 0 Å². The Morgan fingerprint density at radius 1 is 1.27 bits per heavy atom. The molecule has 1 saturated heterocycles. The van der Waals surface area contributed by atoms with E-state index in [1.807, 2.05) is 24.3 Å². The summed E-state index contributed by atoms with van der Waals surface area (Å²) in [6.45, 7) is 1.77. The van der Waals surface area contributed by atoms with E-state index in [0.29, 0.717) is 24.2 Å². The number of hydrogen-bond donors (Lipinski definition) is 0. The number of carbonyl (C=O) groups is 2. The van der Waals surface area contributed by atoms with Crippen LogP contribution in [-0.4, -0.2) is 43.5 Å². The van der Waals surface area contributed by atoms with Gasteiger partial charge in [-0.1, -0.05) is 24.3 Å². The standard InChI is InChI=1S/C21H23NO4/c1-25-19-5-2-4-17(12-19)13-22(14-20-6-3-11-26-20)21(24)18-9-7-16(15-23)8-10-18/h2,4-5,7-10,12,15,20H,3,6,11,13-14H2,1H3. The van der Waals surface area contributed by atoms with Gasteiger partial charge in [0.15, 0.2) is 0 Å². The predicted molar refractivity (Wildman–Crippen MR) is 98.5 cm³/mol. The molecule has 1 aliphatic heterocycles. The lowest BCUT2D eigenvalue weighted by atomic mass is 10.1. The van der Waals surface area contributed by atoms with E-state index < -0.39 is 0 Å². The normalized spacial score (nSPS) is 16.3. The van der Waals surface area contributed by atoms with Gasteiger partial charge in [-0.15, -0.1) is 0 Å². The lowest BCUT2D eigenvalue weighted by molar-refractivity contribution is 0.0507. The van der Waals surface area contributed by atoms with E-state index in [9.17, 15) is 9.59 Å². The molecule has 1 unspecified atom stereocenters. The highest BCUT2D eigenvalue weighted by atomic mass is 16.5. The summed E-state index contributed by atoms with van der Waals surface area (Å²) >= 11 is 0. The molecule has 1 atom stereocenters. The van der Waals surface area contributed by atoms with Crippen LogP contribution in [0.5, 0.6) is 5.75 Å². The minimum atomic E-state index is -0.0687. The molecule has 26 heavy (non-hydrogen) atoms. The van der Waals surface area contributed by atoms with Gasteiger partial charge in [0.05, 0.1) is 13.2 Å². The highest BCUT2D eigenvalue weighted by Gasteiger charge is 2.23. The number of carbonyl (C=O) groups excluding carboxylic acids is 2. The molecule has 1 heterocycles. The molecule has 136 valence electrons. The van der Waals surface area contributed by atoms with Gasteiger partial charge in [0.1, 0.15) is 12.0 Å². The van der Waals surface area contributed by atoms with Gasteiger partial charge in [0.2, 0.25) is 0 Å². The van der Waals surface area contributed by atoms with E-state index in [0.717, 1.165) is 37.0 Å². The molecule has 1 aliphatic rings. The summed E-state index contributed by atoms with van der Waals surface area (Å²) in [5.74, 6) is 0.697. The van der Waals surface area contributed by atoms with Crippen molar-refractivity contribution in [2.24, 2.45) is 0 Å². The number of amides is 1. The molecule has 0 N–H and O–H groups in total. The first-order valence-corrected chi connectivity index (χ1v) is 8.78. The van der Waals surface area contributed by atoms with Crippen molar-refractivity contribution in [3.8, 4) is 5.75 Å². The molecule has 5 nitrogen and oxygen atoms in total. The van der Waals surface area contributed by atoms with Crippen LogP contribution in [0.3, 0.4) is 0 Å². The van der Waals surface area contributed by atoms with Gasteiger partial charge < -0.3 is 14.4 Å². The molecule has 1 amide bonds. The number of nitrogens with zero attached hydrogens (tertiary/aromatic N) is 1. The maximum Gasteiger partial charge on any atom is 0.254 e. The van der Waals surface area contributed by atoms with E-state index in [1.165, 1.54) is 0 Å². The highest BCUT2D eigenvalue weighted by Crippen LogP contribution is 2.19. The maximum absolute atomic E-state index is 13.0. The zero-order valence-corrected chi connectivity index (χ0v) is 14.9. The Morgan fingerprint density at radius 3 is 2.73 bits per heavy atom. The summed E-state index contributed by atoms with van der Waals surface area (Å²) in [6.07, 6.45) is 2.83. The number of aldehydes is 1. The van der Waals surface area contributed by atoms with Gasteiger partial charge in [0, 0.05) is 30.8 Å². The van der Waals surface area contributed by atoms with Crippen LogP contribution in [0.4, 0.5) is 0 Å². The molecule has 1 fully saturated rings. The molecule has 0 bridgehead atoms. The monoisotopic (exact) mass is 353 g/mol. The molecular formula is C21H23NO4. The van der Waals surface area contributed by atoms with Crippen LogP contribution in [0.1, 0.15) is 39.1 Å². The second-order valence-corrected chi connectivity index (χ2v) is 6.41. The minimum absolute atomic E-state index is 0.0683. The lowest BCUT2D eigenvalue weighted by Gasteiger charge is -2.26. The van der Waals surface area contributed by atoms with Crippen LogP contribution in [-0.2, 0) is 11.3 Å². The predicted octanol–water partition coefficient (Wildman–Crippen LogP) is 3.33. The second kappa shape index (κ2) is 8.63. The lowest BCUT2D eigenvalue weighted by Crippen LogP contribution is -2.37. The zero-order valence-electron chi connectivity index (χ0n) is 14.9. The van der Waals surface area contributed by atoms with Gasteiger partial charge in [-0.25, -0.2) is 0 Å². The first-order chi connectivity index (χ1) is 12.7. The first-order valence-electron chi connectivity index (χ1n) is 8.78. The summed E-state index contributed by atoms with van der Waals surface area (Å²) in [7, 11) is 1.63. The smallest absolute Gasteiger partial charge is 0.254 e. The van der Waals surface area contributed by atoms with Crippen molar-refractivity contribution in [2.45, 2.75) is 25.5 Å². The molecular weight excluding hydrogens is 330 g/mol. The Hall–Kier alpha value is -2.66. The Morgan fingerprint density at radius 2 is 2.08 bits per heavy atom. The Bertz CT molecular complexity index is 751. The highest BCUT2D eigenvalue weighted by molar-refractivity contribution is 5.94. The van der Waals surface area contributed by atoms with Crippen LogP contribution in [0.15, 0.2) is 48.5 Å².